The number of benzene rings is 1. The molecule has 1 aromatic carbocycles. The molecule has 2 atom stereocenters. The van der Waals surface area contributed by atoms with E-state index in [1.54, 1.807) is 6.08 Å². The molecule has 0 unspecified atom stereocenters. The molecule has 1 heterocycles. The summed E-state index contributed by atoms with van der Waals surface area (Å²) < 4.78 is 12.6. The number of hydrogen-bond acceptors (Lipinski definition) is 2. The number of ether oxygens (including phenoxy) is 2. The van der Waals surface area contributed by atoms with Crippen molar-refractivity contribution in [2.45, 2.75) is 17.5 Å². The van der Waals surface area contributed by atoms with Crippen LogP contribution in [0.3, 0.4) is 0 Å². The molecular formula is C13H16O2Se. The van der Waals surface area contributed by atoms with Crippen molar-refractivity contribution in [2.24, 2.45) is 0 Å². The Morgan fingerprint density at radius 3 is 3.00 bits per heavy atom. The second-order valence-electron chi connectivity index (χ2n) is 3.62. The molecule has 0 radical (unpaired) electrons. The van der Waals surface area contributed by atoms with E-state index in [9.17, 15) is 0 Å². The molecule has 0 aromatic heterocycles. The van der Waals surface area contributed by atoms with Gasteiger partial charge in [-0.25, -0.2) is 0 Å². The van der Waals surface area contributed by atoms with Gasteiger partial charge in [-0.05, 0) is 0 Å². The van der Waals surface area contributed by atoms with Crippen LogP contribution in [0.2, 0.25) is 4.82 Å². The van der Waals surface area contributed by atoms with Crippen LogP contribution >= 0.6 is 0 Å². The molecule has 0 amide bonds. The first-order valence-corrected chi connectivity index (χ1v) is 7.30. The quantitative estimate of drug-likeness (QED) is 0.605. The molecule has 1 aliphatic heterocycles. The van der Waals surface area contributed by atoms with Crippen LogP contribution in [0.1, 0.15) is 6.42 Å². The van der Waals surface area contributed by atoms with Crippen LogP contribution in [0.15, 0.2) is 43.0 Å². The van der Waals surface area contributed by atoms with Crippen molar-refractivity contribution in [3.8, 4) is 0 Å². The molecule has 1 fully saturated rings. The van der Waals surface area contributed by atoms with Gasteiger partial charge in [-0.15, -0.1) is 0 Å². The van der Waals surface area contributed by atoms with Crippen molar-refractivity contribution < 1.29 is 9.47 Å². The topological polar surface area (TPSA) is 18.5 Å². The van der Waals surface area contributed by atoms with E-state index in [2.05, 4.69) is 36.9 Å². The Labute approximate surface area is 103 Å². The van der Waals surface area contributed by atoms with E-state index in [1.165, 1.54) is 4.46 Å². The zero-order valence-electron chi connectivity index (χ0n) is 9.17. The molecular weight excluding hydrogens is 267 g/mol. The minimum absolute atomic E-state index is 0.0294. The van der Waals surface area contributed by atoms with E-state index in [1.807, 2.05) is 0 Å². The van der Waals surface area contributed by atoms with Gasteiger partial charge in [-0.2, -0.15) is 0 Å². The van der Waals surface area contributed by atoms with Crippen molar-refractivity contribution in [3.63, 3.8) is 0 Å². The molecule has 0 bridgehead atoms. The second-order valence-corrected chi connectivity index (χ2v) is 6.37. The third-order valence-corrected chi connectivity index (χ3v) is 5.14. The van der Waals surface area contributed by atoms with Crippen LogP contribution in [0, 0.1) is 0 Å². The summed E-state index contributed by atoms with van der Waals surface area (Å²) in [5, 5.41) is 0. The van der Waals surface area contributed by atoms with Crippen LogP contribution in [-0.4, -0.2) is 34.5 Å². The first-order valence-electron chi connectivity index (χ1n) is 5.46. The summed E-state index contributed by atoms with van der Waals surface area (Å²) in [6.45, 7) is 5.05. The van der Waals surface area contributed by atoms with E-state index in [0.717, 1.165) is 13.0 Å². The molecule has 2 rings (SSSR count). The molecule has 0 spiro atoms. The zero-order chi connectivity index (χ0) is 11.2. The Hall–Kier alpha value is -0.601. The van der Waals surface area contributed by atoms with E-state index < -0.39 is 0 Å². The van der Waals surface area contributed by atoms with Crippen molar-refractivity contribution >= 4 is 19.4 Å². The molecule has 0 N–H and O–H groups in total. The average molecular weight is 283 g/mol. The summed E-state index contributed by atoms with van der Waals surface area (Å²) in [5.41, 5.74) is 0. The standard InChI is InChI=1S/C13H16O2Se/c1-2-9-14-13-12(8-10-15-13)16-11-6-4-3-5-7-11/h2-7,12-13H,1,8-10H2/t12-,13-/m0/s1. The van der Waals surface area contributed by atoms with Crippen LogP contribution in [-0.2, 0) is 9.47 Å². The molecule has 86 valence electrons. The van der Waals surface area contributed by atoms with Crippen LogP contribution < -0.4 is 4.46 Å². The summed E-state index contributed by atoms with van der Waals surface area (Å²) in [5.74, 6) is 0. The van der Waals surface area contributed by atoms with Gasteiger partial charge in [0, 0.05) is 0 Å². The maximum absolute atomic E-state index is 5.61. The van der Waals surface area contributed by atoms with E-state index in [4.69, 9.17) is 9.47 Å². The van der Waals surface area contributed by atoms with E-state index in [0.29, 0.717) is 26.4 Å². The number of rotatable bonds is 5. The predicted octanol–water partition coefficient (Wildman–Crippen LogP) is 1.75. The van der Waals surface area contributed by atoms with Crippen LogP contribution in [0.5, 0.6) is 0 Å². The summed E-state index contributed by atoms with van der Waals surface area (Å²) in [6.07, 6.45) is 2.85. The predicted molar refractivity (Wildman–Crippen MR) is 66.1 cm³/mol. The summed E-state index contributed by atoms with van der Waals surface area (Å²) in [7, 11) is 0. The average Bonchev–Trinajstić information content (AvgIpc) is 2.75. The monoisotopic (exact) mass is 284 g/mol. The molecule has 16 heavy (non-hydrogen) atoms. The third kappa shape index (κ3) is 3.19. The Morgan fingerprint density at radius 1 is 1.44 bits per heavy atom. The maximum atomic E-state index is 5.61. The molecule has 1 aliphatic rings. The van der Waals surface area contributed by atoms with Gasteiger partial charge >= 0.3 is 103 Å². The Bertz CT molecular complexity index is 326. The molecule has 3 heteroatoms. The molecule has 1 saturated heterocycles. The first-order chi connectivity index (χ1) is 7.90. The Morgan fingerprint density at radius 2 is 2.25 bits per heavy atom. The van der Waals surface area contributed by atoms with E-state index in [-0.39, 0.29) is 6.29 Å². The molecule has 0 aliphatic carbocycles. The summed E-state index contributed by atoms with van der Waals surface area (Å²) >= 11 is 0.434. The summed E-state index contributed by atoms with van der Waals surface area (Å²) in [6, 6.07) is 10.6. The van der Waals surface area contributed by atoms with Crippen LogP contribution in [0.25, 0.3) is 0 Å². The van der Waals surface area contributed by atoms with Crippen LogP contribution in [0.4, 0.5) is 0 Å². The second kappa shape index (κ2) is 6.21. The van der Waals surface area contributed by atoms with Gasteiger partial charge in [0.25, 0.3) is 0 Å². The Kier molecular flexibility index (Phi) is 4.61. The van der Waals surface area contributed by atoms with Crippen molar-refractivity contribution in [3.05, 3.63) is 43.0 Å². The van der Waals surface area contributed by atoms with Gasteiger partial charge in [0.1, 0.15) is 0 Å². The molecule has 1 aromatic rings. The van der Waals surface area contributed by atoms with Gasteiger partial charge < -0.3 is 0 Å². The van der Waals surface area contributed by atoms with Gasteiger partial charge in [0.2, 0.25) is 0 Å². The van der Waals surface area contributed by atoms with Gasteiger partial charge in [0.15, 0.2) is 0 Å². The normalized spacial score (nSPS) is 24.5. The van der Waals surface area contributed by atoms with Gasteiger partial charge in [-0.3, -0.25) is 0 Å². The zero-order valence-corrected chi connectivity index (χ0v) is 10.9. The van der Waals surface area contributed by atoms with Crippen molar-refractivity contribution in [2.75, 3.05) is 13.2 Å². The van der Waals surface area contributed by atoms with Gasteiger partial charge in [0.05, 0.1) is 0 Å². The van der Waals surface area contributed by atoms with E-state index >= 15 is 0 Å². The fourth-order valence-corrected chi connectivity index (χ4v) is 4.06. The SMILES string of the molecule is C=CCO[C@H]1OCC[C@@H]1[Se]c1ccccc1. The first kappa shape index (κ1) is 11.9. The fourth-order valence-electron chi connectivity index (χ4n) is 1.65. The summed E-state index contributed by atoms with van der Waals surface area (Å²) in [4.78, 5) is 0.537. The molecule has 0 saturated carbocycles. The molecule has 2 nitrogen and oxygen atoms in total. The minimum atomic E-state index is -0.0294. The Balaban J connectivity index is 1.90. The fraction of sp³-hybridized carbons (Fsp3) is 0.385. The van der Waals surface area contributed by atoms with Gasteiger partial charge in [-0.1, -0.05) is 0 Å². The third-order valence-electron chi connectivity index (χ3n) is 2.40. The van der Waals surface area contributed by atoms with Crippen molar-refractivity contribution in [1.82, 2.24) is 0 Å². The van der Waals surface area contributed by atoms with Crippen molar-refractivity contribution in [1.29, 1.82) is 0 Å². The number of hydrogen-bond donors (Lipinski definition) is 0.